The van der Waals surface area contributed by atoms with Gasteiger partial charge in [-0.15, -0.1) is 0 Å². The molecule has 0 unspecified atom stereocenters. The summed E-state index contributed by atoms with van der Waals surface area (Å²) < 4.78 is 0. The molecule has 9 nitrogen and oxygen atoms in total. The van der Waals surface area contributed by atoms with E-state index < -0.39 is 18.1 Å². The number of urea groups is 1. The van der Waals surface area contributed by atoms with Crippen LogP contribution in [0.4, 0.5) is 10.5 Å². The number of nitrogens with zero attached hydrogens (tertiary/aromatic N) is 3. The van der Waals surface area contributed by atoms with Gasteiger partial charge >= 0.3 is 6.03 Å². The van der Waals surface area contributed by atoms with Crippen molar-refractivity contribution in [3.05, 3.63) is 29.8 Å². The molecule has 2 heterocycles. The maximum absolute atomic E-state index is 12.2. The molecule has 30 heavy (non-hydrogen) atoms. The molecule has 3 rings (SSSR count). The number of carbonyl (C=O) groups is 2. The predicted molar refractivity (Wildman–Crippen MR) is 113 cm³/mol. The van der Waals surface area contributed by atoms with Gasteiger partial charge in [-0.05, 0) is 23.6 Å². The molecule has 0 spiro atoms. The number of piperazine rings is 1. The highest BCUT2D eigenvalue weighted by molar-refractivity contribution is 5.80. The molecule has 0 radical (unpaired) electrons. The van der Waals surface area contributed by atoms with Crippen LogP contribution in [0.1, 0.15) is 19.4 Å². The van der Waals surface area contributed by atoms with Crippen LogP contribution < -0.4 is 16.0 Å². The van der Waals surface area contributed by atoms with E-state index in [2.05, 4.69) is 16.3 Å². The zero-order chi connectivity index (χ0) is 21.8. The predicted octanol–water partition coefficient (Wildman–Crippen LogP) is 0.382. The van der Waals surface area contributed by atoms with E-state index in [0.717, 1.165) is 24.3 Å². The van der Waals surface area contributed by atoms with Gasteiger partial charge in [0.15, 0.2) is 0 Å². The summed E-state index contributed by atoms with van der Waals surface area (Å²) >= 11 is 0. The van der Waals surface area contributed by atoms with Crippen molar-refractivity contribution in [2.75, 3.05) is 44.7 Å². The molecule has 9 heteroatoms. The fourth-order valence-corrected chi connectivity index (χ4v) is 4.48. The van der Waals surface area contributed by atoms with Gasteiger partial charge in [-0.1, -0.05) is 26.0 Å². The lowest BCUT2D eigenvalue weighted by Crippen LogP contribution is -2.51. The first-order chi connectivity index (χ1) is 14.3. The maximum Gasteiger partial charge on any atom is 0.317 e. The highest BCUT2D eigenvalue weighted by atomic mass is 16.7. The van der Waals surface area contributed by atoms with E-state index in [1.807, 2.05) is 32.0 Å². The molecule has 0 aliphatic carbocycles. The van der Waals surface area contributed by atoms with Crippen LogP contribution in [-0.4, -0.2) is 79.0 Å². The summed E-state index contributed by atoms with van der Waals surface area (Å²) in [6.07, 6.45) is -0.441. The van der Waals surface area contributed by atoms with Crippen molar-refractivity contribution < 1.29 is 19.5 Å². The molecule has 2 fully saturated rings. The van der Waals surface area contributed by atoms with Crippen LogP contribution in [0, 0.1) is 11.8 Å². The van der Waals surface area contributed by atoms with E-state index in [4.69, 9.17) is 10.6 Å². The summed E-state index contributed by atoms with van der Waals surface area (Å²) in [4.78, 5) is 33.9. The lowest BCUT2D eigenvalue weighted by Gasteiger charge is -2.36. The Balaban J connectivity index is 1.70. The second-order valence-corrected chi connectivity index (χ2v) is 8.27. The van der Waals surface area contributed by atoms with Crippen molar-refractivity contribution in [1.29, 1.82) is 0 Å². The van der Waals surface area contributed by atoms with Gasteiger partial charge in [0.1, 0.15) is 12.1 Å². The lowest BCUT2D eigenvalue weighted by molar-refractivity contribution is -0.180. The number of anilines is 1. The molecule has 2 aliphatic rings. The fraction of sp³-hybridized carbons (Fsp3) is 0.619. The largest absolute Gasteiger partial charge is 0.394 e. The maximum atomic E-state index is 12.2. The van der Waals surface area contributed by atoms with E-state index in [9.17, 15) is 14.7 Å². The van der Waals surface area contributed by atoms with Gasteiger partial charge in [0.25, 0.3) is 0 Å². The number of nitrogens with two attached hydrogens (primary N) is 1. The van der Waals surface area contributed by atoms with Crippen LogP contribution >= 0.6 is 0 Å². The number of primary amides is 1. The van der Waals surface area contributed by atoms with Crippen LogP contribution in [0.2, 0.25) is 0 Å². The molecule has 2 saturated heterocycles. The van der Waals surface area contributed by atoms with Gasteiger partial charge in [0, 0.05) is 44.8 Å². The van der Waals surface area contributed by atoms with Crippen molar-refractivity contribution in [2.24, 2.45) is 17.6 Å². The Morgan fingerprint density at radius 2 is 1.97 bits per heavy atom. The molecule has 3 amide bonds. The number of rotatable bonds is 6. The molecule has 2 aliphatic heterocycles. The summed E-state index contributed by atoms with van der Waals surface area (Å²) in [6.45, 7) is 7.10. The number of benzene rings is 1. The summed E-state index contributed by atoms with van der Waals surface area (Å²) in [5, 5.41) is 14.0. The number of nitrogens with one attached hydrogen (secondary N) is 1. The molecule has 0 aromatic heterocycles. The molecule has 0 saturated carbocycles. The Bertz CT molecular complexity index is 751. The van der Waals surface area contributed by atoms with E-state index >= 15 is 0 Å². The van der Waals surface area contributed by atoms with Gasteiger partial charge < -0.3 is 26.0 Å². The van der Waals surface area contributed by atoms with E-state index in [-0.39, 0.29) is 24.5 Å². The van der Waals surface area contributed by atoms with Crippen LogP contribution in [0.15, 0.2) is 24.3 Å². The first-order valence-corrected chi connectivity index (χ1v) is 10.5. The van der Waals surface area contributed by atoms with Gasteiger partial charge in [-0.3, -0.25) is 9.63 Å². The number of hydrogen-bond donors (Lipinski definition) is 3. The lowest BCUT2D eigenvalue weighted by atomic mass is 9.84. The zero-order valence-electron chi connectivity index (χ0n) is 18.0. The molecular weight excluding hydrogens is 386 g/mol. The fourth-order valence-electron chi connectivity index (χ4n) is 4.48. The Morgan fingerprint density at radius 3 is 2.53 bits per heavy atom. The number of hydrogen-bond acceptors (Lipinski definition) is 6. The normalized spacial score (nSPS) is 25.0. The number of aliphatic hydroxyl groups excluding tert-OH is 1. The second-order valence-electron chi connectivity index (χ2n) is 8.27. The van der Waals surface area contributed by atoms with Crippen molar-refractivity contribution in [1.82, 2.24) is 15.3 Å². The monoisotopic (exact) mass is 419 g/mol. The summed E-state index contributed by atoms with van der Waals surface area (Å²) in [6, 6.07) is 7.46. The Morgan fingerprint density at radius 1 is 1.27 bits per heavy atom. The van der Waals surface area contributed by atoms with Crippen molar-refractivity contribution in [2.45, 2.75) is 32.5 Å². The Hall–Kier alpha value is -2.36. The smallest absolute Gasteiger partial charge is 0.317 e. The van der Waals surface area contributed by atoms with Gasteiger partial charge in [-0.25, -0.2) is 4.79 Å². The highest BCUT2D eigenvalue weighted by Gasteiger charge is 2.47. The molecule has 1 aromatic rings. The number of carbonyl (C=O) groups excluding carboxylic acids is 2. The van der Waals surface area contributed by atoms with Crippen molar-refractivity contribution in [3.63, 3.8) is 0 Å². The minimum Gasteiger partial charge on any atom is -0.394 e. The minimum atomic E-state index is -0.582. The van der Waals surface area contributed by atoms with Gasteiger partial charge in [0.2, 0.25) is 5.91 Å². The third-order valence-corrected chi connectivity index (χ3v) is 6.01. The summed E-state index contributed by atoms with van der Waals surface area (Å²) in [7, 11) is 1.64. The molecule has 4 N–H and O–H groups in total. The van der Waals surface area contributed by atoms with Crippen LogP contribution in [0.3, 0.4) is 0 Å². The van der Waals surface area contributed by atoms with Gasteiger partial charge in [-0.2, -0.15) is 5.06 Å². The Kier molecular flexibility index (Phi) is 7.17. The molecule has 166 valence electrons. The second kappa shape index (κ2) is 9.63. The summed E-state index contributed by atoms with van der Waals surface area (Å²) in [5.41, 5.74) is 7.76. The van der Waals surface area contributed by atoms with Crippen LogP contribution in [0.5, 0.6) is 0 Å². The number of aliphatic hydroxyl groups is 1. The highest BCUT2D eigenvalue weighted by Crippen LogP contribution is 2.34. The van der Waals surface area contributed by atoms with Crippen molar-refractivity contribution >= 4 is 17.6 Å². The SMILES string of the molecule is CNC(=O)N1CCN(c2cccc(CN3O[C@@H](CO)[C@@H](C(C)C)[C@H]3C(N)=O)c2)CC1. The Labute approximate surface area is 177 Å². The minimum absolute atomic E-state index is 0.0507. The first-order valence-electron chi connectivity index (χ1n) is 10.5. The first kappa shape index (κ1) is 22.3. The molecular formula is C21H33N5O4. The van der Waals surface area contributed by atoms with Gasteiger partial charge in [0.05, 0.1) is 13.2 Å². The molecule has 1 aromatic carbocycles. The quantitative estimate of drug-likeness (QED) is 0.615. The third-order valence-electron chi connectivity index (χ3n) is 6.01. The molecule has 0 bridgehead atoms. The zero-order valence-corrected chi connectivity index (χ0v) is 18.0. The average Bonchev–Trinajstić information content (AvgIpc) is 3.12. The van der Waals surface area contributed by atoms with Crippen LogP contribution in [-0.2, 0) is 16.2 Å². The standard InChI is InChI=1S/C21H33N5O4/c1-14(2)18-17(13-27)30-26(19(18)20(22)28)12-15-5-4-6-16(11-15)24-7-9-25(10-8-24)21(29)23-3/h4-6,11,14,17-19,27H,7-10,12-13H2,1-3H3,(H2,22,28)(H,23,29)/t17-,18+,19-/m0/s1. The average molecular weight is 420 g/mol. The number of hydroxylamine groups is 2. The number of amides is 3. The van der Waals surface area contributed by atoms with Crippen LogP contribution in [0.25, 0.3) is 0 Å². The molecule has 3 atom stereocenters. The van der Waals surface area contributed by atoms with E-state index in [1.54, 1.807) is 17.0 Å². The van der Waals surface area contributed by atoms with Crippen molar-refractivity contribution in [3.8, 4) is 0 Å². The van der Waals surface area contributed by atoms with E-state index in [0.29, 0.717) is 19.6 Å². The summed E-state index contributed by atoms with van der Waals surface area (Å²) in [5.74, 6) is -0.452. The topological polar surface area (TPSA) is 111 Å². The van der Waals surface area contributed by atoms with E-state index in [1.165, 1.54) is 0 Å². The third kappa shape index (κ3) is 4.69.